The van der Waals surface area contributed by atoms with Crippen molar-refractivity contribution in [2.24, 2.45) is 0 Å². The Morgan fingerprint density at radius 1 is 1.00 bits per heavy atom. The summed E-state index contributed by atoms with van der Waals surface area (Å²) in [5.74, 6) is -0.570. The minimum Gasteiger partial charge on any atom is -0.352 e. The number of carbonyl (C=O) groups excluding carboxylic acids is 1. The molecule has 164 valence electrons. The molecule has 0 saturated heterocycles. The molecule has 0 unspecified atom stereocenters. The third kappa shape index (κ3) is 6.16. The van der Waals surface area contributed by atoms with E-state index in [0.717, 1.165) is 10.9 Å². The van der Waals surface area contributed by atoms with Gasteiger partial charge in [-0.15, -0.1) is 11.3 Å². The Balaban J connectivity index is 1.63. The molecule has 0 aliphatic carbocycles. The molecule has 1 aromatic heterocycles. The number of amides is 1. The van der Waals surface area contributed by atoms with Gasteiger partial charge in [0.15, 0.2) is 0 Å². The lowest BCUT2D eigenvalue weighted by Gasteiger charge is -2.13. The molecule has 5 nitrogen and oxygen atoms in total. The molecule has 1 amide bonds. The van der Waals surface area contributed by atoms with E-state index in [4.69, 9.17) is 0 Å². The minimum atomic E-state index is -4.47. The molecule has 0 saturated carbocycles. The number of hydrogen-bond acceptors (Lipinski definition) is 4. The maximum atomic E-state index is 13.1. The van der Waals surface area contributed by atoms with Crippen molar-refractivity contribution in [3.63, 3.8) is 0 Å². The van der Waals surface area contributed by atoms with Crippen LogP contribution >= 0.6 is 11.3 Å². The molecule has 0 radical (unpaired) electrons. The number of nitrogens with one attached hydrogen (secondary N) is 2. The number of alkyl halides is 3. The summed E-state index contributed by atoms with van der Waals surface area (Å²) in [6.45, 7) is 0.106. The molecular weight excluding hydrogens is 449 g/mol. The summed E-state index contributed by atoms with van der Waals surface area (Å²) < 4.78 is 66.6. The van der Waals surface area contributed by atoms with Crippen molar-refractivity contribution in [2.75, 3.05) is 6.54 Å². The van der Waals surface area contributed by atoms with Crippen molar-refractivity contribution in [3.05, 3.63) is 87.6 Å². The predicted molar refractivity (Wildman–Crippen MR) is 112 cm³/mol. The maximum absolute atomic E-state index is 13.1. The van der Waals surface area contributed by atoms with Crippen LogP contribution in [0.15, 0.2) is 70.9 Å². The van der Waals surface area contributed by atoms with E-state index in [0.29, 0.717) is 0 Å². The molecule has 3 aromatic rings. The van der Waals surface area contributed by atoms with Gasteiger partial charge in [0.2, 0.25) is 10.0 Å². The van der Waals surface area contributed by atoms with Crippen molar-refractivity contribution >= 4 is 27.3 Å². The monoisotopic (exact) mass is 468 g/mol. The van der Waals surface area contributed by atoms with E-state index in [1.165, 1.54) is 53.8 Å². The number of hydrogen-bond donors (Lipinski definition) is 2. The van der Waals surface area contributed by atoms with Crippen LogP contribution in [0.5, 0.6) is 0 Å². The van der Waals surface area contributed by atoms with Gasteiger partial charge in [-0.05, 0) is 47.7 Å². The first-order valence-corrected chi connectivity index (χ1v) is 11.6. The van der Waals surface area contributed by atoms with E-state index >= 15 is 0 Å². The Morgan fingerprint density at radius 2 is 1.77 bits per heavy atom. The Kier molecular flexibility index (Phi) is 7.14. The topological polar surface area (TPSA) is 75.3 Å². The van der Waals surface area contributed by atoms with E-state index in [2.05, 4.69) is 10.0 Å². The van der Waals surface area contributed by atoms with E-state index < -0.39 is 27.7 Å². The summed E-state index contributed by atoms with van der Waals surface area (Å²) in [6, 6.07) is 14.3. The second kappa shape index (κ2) is 9.63. The Morgan fingerprint density at radius 3 is 2.48 bits per heavy atom. The fraction of sp³-hybridized carbons (Fsp3) is 0.190. The van der Waals surface area contributed by atoms with Crippen LogP contribution in [0, 0.1) is 0 Å². The van der Waals surface area contributed by atoms with Gasteiger partial charge in [-0.25, -0.2) is 13.1 Å². The lowest BCUT2D eigenvalue weighted by Crippen LogP contribution is -2.27. The van der Waals surface area contributed by atoms with Gasteiger partial charge < -0.3 is 5.32 Å². The van der Waals surface area contributed by atoms with Crippen molar-refractivity contribution in [3.8, 4) is 0 Å². The van der Waals surface area contributed by atoms with E-state index in [-0.39, 0.29) is 35.5 Å². The lowest BCUT2D eigenvalue weighted by molar-refractivity contribution is -0.138. The highest BCUT2D eigenvalue weighted by molar-refractivity contribution is 7.89. The zero-order valence-electron chi connectivity index (χ0n) is 16.1. The Bertz CT molecular complexity index is 1140. The van der Waals surface area contributed by atoms with Crippen LogP contribution in [-0.4, -0.2) is 20.9 Å². The van der Waals surface area contributed by atoms with E-state index in [9.17, 15) is 26.4 Å². The van der Waals surface area contributed by atoms with Gasteiger partial charge in [0, 0.05) is 23.5 Å². The molecule has 0 aliphatic heterocycles. The van der Waals surface area contributed by atoms with Gasteiger partial charge >= 0.3 is 6.18 Å². The number of sulfonamides is 1. The first kappa shape index (κ1) is 23.0. The molecule has 10 heteroatoms. The van der Waals surface area contributed by atoms with Crippen LogP contribution in [0.25, 0.3) is 0 Å². The summed E-state index contributed by atoms with van der Waals surface area (Å²) in [7, 11) is -3.83. The second-order valence-electron chi connectivity index (χ2n) is 6.59. The van der Waals surface area contributed by atoms with Crippen molar-refractivity contribution in [1.29, 1.82) is 0 Å². The molecule has 1 heterocycles. The summed E-state index contributed by atoms with van der Waals surface area (Å²) in [5.41, 5.74) is -0.568. The molecular formula is C21H19F3N2O3S2. The summed E-state index contributed by atoms with van der Waals surface area (Å²) in [4.78, 5) is 13.2. The van der Waals surface area contributed by atoms with Crippen LogP contribution in [0.4, 0.5) is 13.2 Å². The first-order chi connectivity index (χ1) is 14.7. The van der Waals surface area contributed by atoms with Crippen LogP contribution in [0.1, 0.15) is 26.4 Å². The molecule has 0 spiro atoms. The van der Waals surface area contributed by atoms with Crippen molar-refractivity contribution in [1.82, 2.24) is 10.0 Å². The SMILES string of the molecule is O=C(NCCc1ccccc1C(F)(F)F)c1cccc(S(=O)(=O)NCc2cccs2)c1. The standard InChI is InChI=1S/C21H19F3N2O3S2/c22-21(23,24)19-9-2-1-5-15(19)10-11-25-20(27)16-6-3-8-18(13-16)31(28,29)26-14-17-7-4-12-30-17/h1-9,12-13,26H,10-11,14H2,(H,25,27). The average Bonchev–Trinajstić information content (AvgIpc) is 3.26. The van der Waals surface area contributed by atoms with Crippen LogP contribution < -0.4 is 10.0 Å². The van der Waals surface area contributed by atoms with Crippen molar-refractivity contribution < 1.29 is 26.4 Å². The Labute approximate surface area is 182 Å². The van der Waals surface area contributed by atoms with Crippen molar-refractivity contribution in [2.45, 2.75) is 24.0 Å². The highest BCUT2D eigenvalue weighted by Gasteiger charge is 2.32. The molecule has 3 rings (SSSR count). The van der Waals surface area contributed by atoms with Gasteiger partial charge in [0.05, 0.1) is 10.5 Å². The second-order valence-corrected chi connectivity index (χ2v) is 9.39. The third-order valence-corrected chi connectivity index (χ3v) is 6.70. The molecule has 2 N–H and O–H groups in total. The largest absolute Gasteiger partial charge is 0.416 e. The average molecular weight is 469 g/mol. The normalized spacial score (nSPS) is 12.0. The smallest absolute Gasteiger partial charge is 0.352 e. The zero-order chi connectivity index (χ0) is 22.5. The highest BCUT2D eigenvalue weighted by atomic mass is 32.2. The molecule has 0 fully saturated rings. The molecule has 2 aromatic carbocycles. The summed E-state index contributed by atoms with van der Waals surface area (Å²) in [6.07, 6.45) is -4.48. The first-order valence-electron chi connectivity index (χ1n) is 9.22. The van der Waals surface area contributed by atoms with Gasteiger partial charge in [-0.1, -0.05) is 30.3 Å². The quantitative estimate of drug-likeness (QED) is 0.520. The zero-order valence-corrected chi connectivity index (χ0v) is 17.8. The van der Waals surface area contributed by atoms with Gasteiger partial charge in [-0.3, -0.25) is 4.79 Å². The molecule has 0 bridgehead atoms. The maximum Gasteiger partial charge on any atom is 0.416 e. The molecule has 0 atom stereocenters. The molecule has 0 aliphatic rings. The van der Waals surface area contributed by atoms with Crippen LogP contribution in [-0.2, 0) is 29.2 Å². The lowest BCUT2D eigenvalue weighted by atomic mass is 10.0. The third-order valence-electron chi connectivity index (χ3n) is 4.43. The minimum absolute atomic E-state index is 0.0121. The highest BCUT2D eigenvalue weighted by Crippen LogP contribution is 2.31. The van der Waals surface area contributed by atoms with E-state index in [1.807, 2.05) is 11.4 Å². The van der Waals surface area contributed by atoms with E-state index in [1.54, 1.807) is 6.07 Å². The van der Waals surface area contributed by atoms with Gasteiger partial charge in [0.1, 0.15) is 0 Å². The van der Waals surface area contributed by atoms with Crippen LogP contribution in [0.3, 0.4) is 0 Å². The number of carbonyl (C=O) groups is 1. The van der Waals surface area contributed by atoms with Crippen LogP contribution in [0.2, 0.25) is 0 Å². The predicted octanol–water partition coefficient (Wildman–Crippen LogP) is 4.22. The summed E-state index contributed by atoms with van der Waals surface area (Å²) in [5, 5.41) is 4.37. The number of halogens is 3. The van der Waals surface area contributed by atoms with Gasteiger partial charge in [-0.2, -0.15) is 13.2 Å². The number of rotatable bonds is 8. The summed E-state index contributed by atoms with van der Waals surface area (Å²) >= 11 is 1.42. The Hall–Kier alpha value is -2.69. The fourth-order valence-electron chi connectivity index (χ4n) is 2.89. The fourth-order valence-corrected chi connectivity index (χ4v) is 4.68. The molecule has 31 heavy (non-hydrogen) atoms. The number of benzene rings is 2. The number of thiophene rings is 1. The van der Waals surface area contributed by atoms with Gasteiger partial charge in [0.25, 0.3) is 5.91 Å².